The molecule has 2 atom stereocenters. The molecular weight excluding hydrogens is 182 g/mol. The van der Waals surface area contributed by atoms with Gasteiger partial charge in [0.05, 0.1) is 6.04 Å². The maximum absolute atomic E-state index is 11.6. The zero-order valence-corrected chi connectivity index (χ0v) is 8.62. The van der Waals surface area contributed by atoms with E-state index in [0.29, 0.717) is 6.42 Å². The van der Waals surface area contributed by atoms with Crippen molar-refractivity contribution < 1.29 is 9.59 Å². The summed E-state index contributed by atoms with van der Waals surface area (Å²) in [5, 5.41) is 2.64. The Hall–Kier alpha value is -1.10. The van der Waals surface area contributed by atoms with Crippen molar-refractivity contribution >= 4 is 11.8 Å². The first-order valence-corrected chi connectivity index (χ1v) is 4.83. The molecule has 80 valence electrons. The van der Waals surface area contributed by atoms with Crippen molar-refractivity contribution in [1.82, 2.24) is 10.2 Å². The number of likely N-dealkylation sites (tertiary alicyclic amines) is 1. The highest BCUT2D eigenvalue weighted by atomic mass is 16.2. The lowest BCUT2D eigenvalue weighted by molar-refractivity contribution is -0.137. The first-order valence-electron chi connectivity index (χ1n) is 4.83. The molecule has 3 N–H and O–H groups in total. The van der Waals surface area contributed by atoms with E-state index in [2.05, 4.69) is 5.32 Å². The number of nitrogens with zero attached hydrogens (tertiary/aromatic N) is 1. The van der Waals surface area contributed by atoms with Gasteiger partial charge in [0.1, 0.15) is 6.04 Å². The Balaban J connectivity index is 2.51. The fourth-order valence-electron chi connectivity index (χ4n) is 1.47. The molecule has 0 saturated carbocycles. The molecule has 0 radical (unpaired) electrons. The molecular formula is C9H17N3O2. The summed E-state index contributed by atoms with van der Waals surface area (Å²) < 4.78 is 0. The van der Waals surface area contributed by atoms with Crippen LogP contribution < -0.4 is 11.1 Å². The van der Waals surface area contributed by atoms with Gasteiger partial charge in [-0.15, -0.1) is 0 Å². The third kappa shape index (κ3) is 2.45. The van der Waals surface area contributed by atoms with Gasteiger partial charge in [0.2, 0.25) is 11.8 Å². The van der Waals surface area contributed by atoms with E-state index in [4.69, 9.17) is 5.73 Å². The van der Waals surface area contributed by atoms with Crippen molar-refractivity contribution in [1.29, 1.82) is 0 Å². The lowest BCUT2D eigenvalue weighted by atomic mass is 10.1. The van der Waals surface area contributed by atoms with Crippen LogP contribution in [0.3, 0.4) is 0 Å². The van der Waals surface area contributed by atoms with Crippen molar-refractivity contribution in [3.8, 4) is 0 Å². The van der Waals surface area contributed by atoms with E-state index in [-0.39, 0.29) is 17.9 Å². The van der Waals surface area contributed by atoms with Gasteiger partial charge in [-0.3, -0.25) is 9.59 Å². The average Bonchev–Trinajstić information content (AvgIpc) is 2.12. The minimum absolute atomic E-state index is 0.0229. The smallest absolute Gasteiger partial charge is 0.244 e. The highest BCUT2D eigenvalue weighted by molar-refractivity contribution is 5.89. The molecule has 1 saturated heterocycles. The molecule has 0 aromatic rings. The molecule has 1 rings (SSSR count). The number of amides is 2. The molecule has 0 aliphatic carbocycles. The van der Waals surface area contributed by atoms with Crippen molar-refractivity contribution in [2.45, 2.75) is 31.8 Å². The molecule has 2 amide bonds. The number of nitrogens with two attached hydrogens (primary N) is 1. The van der Waals surface area contributed by atoms with E-state index in [9.17, 15) is 9.59 Å². The predicted molar refractivity (Wildman–Crippen MR) is 52.5 cm³/mol. The quantitative estimate of drug-likeness (QED) is 0.603. The van der Waals surface area contributed by atoms with Crippen LogP contribution in [0, 0.1) is 0 Å². The second kappa shape index (κ2) is 4.41. The van der Waals surface area contributed by atoms with Gasteiger partial charge in [-0.1, -0.05) is 0 Å². The fourth-order valence-corrected chi connectivity index (χ4v) is 1.47. The Morgan fingerprint density at radius 3 is 2.93 bits per heavy atom. The van der Waals surface area contributed by atoms with E-state index in [1.54, 1.807) is 18.9 Å². The number of likely N-dealkylation sites (N-methyl/N-ethyl adjacent to an activating group) is 1. The Morgan fingerprint density at radius 2 is 2.36 bits per heavy atom. The zero-order valence-electron chi connectivity index (χ0n) is 8.62. The number of piperidine rings is 1. The normalized spacial score (nSPS) is 24.6. The maximum Gasteiger partial charge on any atom is 0.244 e. The number of carbonyl (C=O) groups is 2. The van der Waals surface area contributed by atoms with Gasteiger partial charge in [-0.05, 0) is 19.8 Å². The summed E-state index contributed by atoms with van der Waals surface area (Å²) in [5.41, 5.74) is 5.40. The molecule has 0 aromatic carbocycles. The molecule has 0 bridgehead atoms. The lowest BCUT2D eigenvalue weighted by Crippen LogP contribution is -2.53. The number of hydrogen-bond donors (Lipinski definition) is 2. The molecule has 0 spiro atoms. The van der Waals surface area contributed by atoms with Crippen LogP contribution in [0.2, 0.25) is 0 Å². The lowest BCUT2D eigenvalue weighted by Gasteiger charge is -2.29. The maximum atomic E-state index is 11.6. The molecule has 0 aromatic heterocycles. The Morgan fingerprint density at radius 1 is 1.71 bits per heavy atom. The minimum atomic E-state index is -0.560. The molecule has 1 unspecified atom stereocenters. The SMILES string of the molecule is C[C@@H](N)C(=O)NC1CCCN(C)C1=O. The number of nitrogens with one attached hydrogen (secondary N) is 1. The van der Waals surface area contributed by atoms with Gasteiger partial charge >= 0.3 is 0 Å². The molecule has 5 nitrogen and oxygen atoms in total. The van der Waals surface area contributed by atoms with E-state index in [1.165, 1.54) is 0 Å². The first-order chi connectivity index (χ1) is 6.52. The van der Waals surface area contributed by atoms with Crippen LogP contribution >= 0.6 is 0 Å². The summed E-state index contributed by atoms with van der Waals surface area (Å²) in [5.74, 6) is -0.288. The van der Waals surface area contributed by atoms with E-state index in [1.807, 2.05) is 0 Å². The number of carbonyl (C=O) groups excluding carboxylic acids is 2. The van der Waals surface area contributed by atoms with Gasteiger partial charge in [0, 0.05) is 13.6 Å². The summed E-state index contributed by atoms with van der Waals surface area (Å²) in [6.07, 6.45) is 1.63. The van der Waals surface area contributed by atoms with Crippen LogP contribution in [-0.2, 0) is 9.59 Å². The molecule has 1 aliphatic rings. The van der Waals surface area contributed by atoms with E-state index >= 15 is 0 Å². The number of hydrogen-bond acceptors (Lipinski definition) is 3. The molecule has 1 aliphatic heterocycles. The zero-order chi connectivity index (χ0) is 10.7. The van der Waals surface area contributed by atoms with Gasteiger partial charge in [0.25, 0.3) is 0 Å². The largest absolute Gasteiger partial charge is 0.344 e. The standard InChI is InChI=1S/C9H17N3O2/c1-6(10)8(13)11-7-4-3-5-12(2)9(7)14/h6-7H,3-5,10H2,1-2H3,(H,11,13)/t6-,7?/m1/s1. The summed E-state index contributed by atoms with van der Waals surface area (Å²) >= 11 is 0. The van der Waals surface area contributed by atoms with Crippen LogP contribution in [-0.4, -0.2) is 42.4 Å². The van der Waals surface area contributed by atoms with Crippen molar-refractivity contribution in [3.05, 3.63) is 0 Å². The minimum Gasteiger partial charge on any atom is -0.344 e. The van der Waals surface area contributed by atoms with E-state index < -0.39 is 6.04 Å². The summed E-state index contributed by atoms with van der Waals surface area (Å²) in [7, 11) is 1.74. The Labute approximate surface area is 83.6 Å². The van der Waals surface area contributed by atoms with Gasteiger partial charge in [-0.25, -0.2) is 0 Å². The van der Waals surface area contributed by atoms with Crippen LogP contribution in [0.25, 0.3) is 0 Å². The monoisotopic (exact) mass is 199 g/mol. The molecule has 5 heteroatoms. The molecule has 14 heavy (non-hydrogen) atoms. The summed E-state index contributed by atoms with van der Waals surface area (Å²) in [6, 6.07) is -0.942. The van der Waals surface area contributed by atoms with Crippen LogP contribution in [0.5, 0.6) is 0 Å². The van der Waals surface area contributed by atoms with Gasteiger partial charge < -0.3 is 16.0 Å². The van der Waals surface area contributed by atoms with Crippen molar-refractivity contribution in [3.63, 3.8) is 0 Å². The third-order valence-corrected chi connectivity index (χ3v) is 2.39. The number of rotatable bonds is 2. The van der Waals surface area contributed by atoms with Crippen LogP contribution in [0.4, 0.5) is 0 Å². The summed E-state index contributed by atoms with van der Waals surface area (Å²) in [6.45, 7) is 2.37. The second-order valence-corrected chi connectivity index (χ2v) is 3.75. The molecule has 1 heterocycles. The van der Waals surface area contributed by atoms with Gasteiger partial charge in [-0.2, -0.15) is 0 Å². The topological polar surface area (TPSA) is 75.4 Å². The van der Waals surface area contributed by atoms with Gasteiger partial charge in [0.15, 0.2) is 0 Å². The fraction of sp³-hybridized carbons (Fsp3) is 0.778. The van der Waals surface area contributed by atoms with Crippen LogP contribution in [0.15, 0.2) is 0 Å². The Bertz CT molecular complexity index is 240. The highest BCUT2D eigenvalue weighted by Crippen LogP contribution is 2.09. The predicted octanol–water partition coefficient (Wildman–Crippen LogP) is -0.929. The van der Waals surface area contributed by atoms with Crippen LogP contribution in [0.1, 0.15) is 19.8 Å². The van der Waals surface area contributed by atoms with Crippen molar-refractivity contribution in [2.24, 2.45) is 5.73 Å². The Kier molecular flexibility index (Phi) is 3.46. The average molecular weight is 199 g/mol. The highest BCUT2D eigenvalue weighted by Gasteiger charge is 2.27. The third-order valence-electron chi connectivity index (χ3n) is 2.39. The van der Waals surface area contributed by atoms with Crippen molar-refractivity contribution in [2.75, 3.05) is 13.6 Å². The molecule has 1 fully saturated rings. The second-order valence-electron chi connectivity index (χ2n) is 3.75. The van der Waals surface area contributed by atoms with E-state index in [0.717, 1.165) is 13.0 Å². The summed E-state index contributed by atoms with van der Waals surface area (Å²) in [4.78, 5) is 24.4. The first kappa shape index (κ1) is 11.0.